The molecule has 20 heavy (non-hydrogen) atoms. The Labute approximate surface area is 124 Å². The molecule has 0 aromatic heterocycles. The van der Waals surface area contributed by atoms with Gasteiger partial charge in [-0.2, -0.15) is 0 Å². The van der Waals surface area contributed by atoms with Crippen molar-refractivity contribution in [3.8, 4) is 0 Å². The Balaban J connectivity index is 2.47. The molecule has 1 fully saturated rings. The molecule has 0 saturated heterocycles. The summed E-state index contributed by atoms with van der Waals surface area (Å²) < 4.78 is 4.84. The first-order valence-electron chi connectivity index (χ1n) is 8.07. The van der Waals surface area contributed by atoms with Crippen molar-refractivity contribution in [2.75, 3.05) is 27.2 Å². The maximum absolute atomic E-state index is 11.6. The smallest absolute Gasteiger partial charge is 0.322 e. The summed E-state index contributed by atoms with van der Waals surface area (Å²) in [5, 5.41) is 3.06. The predicted octanol–water partition coefficient (Wildman–Crippen LogP) is 2.43. The van der Waals surface area contributed by atoms with E-state index in [2.05, 4.69) is 24.1 Å². The summed E-state index contributed by atoms with van der Waals surface area (Å²) in [7, 11) is 3.29. The van der Waals surface area contributed by atoms with Crippen LogP contribution in [0.1, 0.15) is 52.4 Å². The van der Waals surface area contributed by atoms with E-state index in [1.807, 2.05) is 7.05 Å². The lowest BCUT2D eigenvalue weighted by atomic mass is 10.1. The van der Waals surface area contributed by atoms with Gasteiger partial charge < -0.3 is 15.0 Å². The van der Waals surface area contributed by atoms with Crippen molar-refractivity contribution in [2.24, 2.45) is 5.92 Å². The number of methoxy groups -OCH3 is 1. The van der Waals surface area contributed by atoms with E-state index in [9.17, 15) is 4.79 Å². The second-order valence-electron chi connectivity index (χ2n) is 6.31. The summed E-state index contributed by atoms with van der Waals surface area (Å²) >= 11 is 0. The van der Waals surface area contributed by atoms with E-state index in [0.29, 0.717) is 0 Å². The summed E-state index contributed by atoms with van der Waals surface area (Å²) in [5.41, 5.74) is 0. The van der Waals surface area contributed by atoms with Crippen molar-refractivity contribution in [3.05, 3.63) is 0 Å². The molecule has 0 heterocycles. The molecule has 1 rings (SSSR count). The lowest BCUT2D eigenvalue weighted by Crippen LogP contribution is -2.41. The average molecular weight is 284 g/mol. The van der Waals surface area contributed by atoms with Crippen LogP contribution in [-0.4, -0.2) is 50.2 Å². The molecule has 1 N–H and O–H groups in total. The Hall–Kier alpha value is -0.610. The maximum atomic E-state index is 11.6. The third kappa shape index (κ3) is 5.80. The molecule has 0 aliphatic heterocycles. The zero-order valence-corrected chi connectivity index (χ0v) is 13.7. The molecule has 0 bridgehead atoms. The van der Waals surface area contributed by atoms with E-state index in [0.717, 1.165) is 31.5 Å². The number of nitrogens with one attached hydrogen (secondary N) is 1. The molecule has 0 amide bonds. The minimum absolute atomic E-state index is 0.150. The van der Waals surface area contributed by atoms with Crippen molar-refractivity contribution < 1.29 is 9.53 Å². The fourth-order valence-corrected chi connectivity index (χ4v) is 2.99. The maximum Gasteiger partial charge on any atom is 0.322 e. The number of nitrogens with zero attached hydrogens (tertiary/aromatic N) is 1. The van der Waals surface area contributed by atoms with Gasteiger partial charge in [-0.1, -0.05) is 26.7 Å². The monoisotopic (exact) mass is 284 g/mol. The topological polar surface area (TPSA) is 41.6 Å². The van der Waals surface area contributed by atoms with E-state index in [1.54, 1.807) is 0 Å². The Kier molecular flexibility index (Phi) is 8.15. The molecule has 1 aliphatic rings. The first-order valence-corrected chi connectivity index (χ1v) is 8.07. The van der Waals surface area contributed by atoms with Crippen LogP contribution >= 0.6 is 0 Å². The second-order valence-corrected chi connectivity index (χ2v) is 6.31. The summed E-state index contributed by atoms with van der Waals surface area (Å²) in [6.07, 6.45) is 7.42. The standard InChI is InChI=1S/C16H32N2O2/c1-13(2)9-11-18(14-7-5-6-8-14)12-10-15(17-3)16(19)20-4/h13-15,17H,5-12H2,1-4H3. The summed E-state index contributed by atoms with van der Waals surface area (Å²) in [5.74, 6) is 0.585. The van der Waals surface area contributed by atoms with E-state index in [4.69, 9.17) is 4.74 Å². The number of rotatable bonds is 9. The van der Waals surface area contributed by atoms with E-state index < -0.39 is 0 Å². The molecular formula is C16H32N2O2. The van der Waals surface area contributed by atoms with Gasteiger partial charge in [0.2, 0.25) is 0 Å². The van der Waals surface area contributed by atoms with Crippen LogP contribution in [0.25, 0.3) is 0 Å². The fourth-order valence-electron chi connectivity index (χ4n) is 2.99. The molecule has 118 valence electrons. The van der Waals surface area contributed by atoms with Crippen LogP contribution in [0.3, 0.4) is 0 Å². The van der Waals surface area contributed by atoms with Crippen LogP contribution < -0.4 is 5.32 Å². The Morgan fingerprint density at radius 3 is 2.35 bits per heavy atom. The van der Waals surface area contributed by atoms with Crippen molar-refractivity contribution in [3.63, 3.8) is 0 Å². The second kappa shape index (κ2) is 9.35. The molecule has 0 spiro atoms. The van der Waals surface area contributed by atoms with E-state index in [-0.39, 0.29) is 12.0 Å². The van der Waals surface area contributed by atoms with Gasteiger partial charge in [-0.25, -0.2) is 0 Å². The zero-order chi connectivity index (χ0) is 15.0. The van der Waals surface area contributed by atoms with Crippen LogP contribution in [0.15, 0.2) is 0 Å². The average Bonchev–Trinajstić information content (AvgIpc) is 2.95. The third-order valence-electron chi connectivity index (χ3n) is 4.37. The number of ether oxygens (including phenoxy) is 1. The van der Waals surface area contributed by atoms with Gasteiger partial charge in [-0.15, -0.1) is 0 Å². The van der Waals surface area contributed by atoms with Crippen LogP contribution in [0.2, 0.25) is 0 Å². The van der Waals surface area contributed by atoms with Crippen molar-refractivity contribution >= 4 is 5.97 Å². The molecule has 4 heteroatoms. The quantitative estimate of drug-likeness (QED) is 0.660. The molecular weight excluding hydrogens is 252 g/mol. The van der Waals surface area contributed by atoms with Crippen molar-refractivity contribution in [1.82, 2.24) is 10.2 Å². The SMILES string of the molecule is CNC(CCN(CCC(C)C)C1CCCC1)C(=O)OC. The van der Waals surface area contributed by atoms with Crippen molar-refractivity contribution in [2.45, 2.75) is 64.5 Å². The molecule has 4 nitrogen and oxygen atoms in total. The van der Waals surface area contributed by atoms with Gasteiger partial charge in [0.1, 0.15) is 6.04 Å². The molecule has 1 aliphatic carbocycles. The molecule has 0 aromatic carbocycles. The minimum Gasteiger partial charge on any atom is -0.468 e. The summed E-state index contributed by atoms with van der Waals surface area (Å²) in [6, 6.07) is 0.548. The van der Waals surface area contributed by atoms with Gasteiger partial charge in [-0.3, -0.25) is 4.79 Å². The number of likely N-dealkylation sites (N-methyl/N-ethyl adjacent to an activating group) is 1. The molecule has 1 unspecified atom stereocenters. The highest BCUT2D eigenvalue weighted by Gasteiger charge is 2.24. The number of esters is 1. The number of hydrogen-bond acceptors (Lipinski definition) is 4. The van der Waals surface area contributed by atoms with Crippen LogP contribution in [-0.2, 0) is 9.53 Å². The first kappa shape index (κ1) is 17.4. The van der Waals surface area contributed by atoms with Gasteiger partial charge >= 0.3 is 5.97 Å². The zero-order valence-electron chi connectivity index (χ0n) is 13.7. The molecule has 1 atom stereocenters. The highest BCUT2D eigenvalue weighted by atomic mass is 16.5. The molecule has 0 radical (unpaired) electrons. The van der Waals surface area contributed by atoms with Gasteiger partial charge in [0.15, 0.2) is 0 Å². The molecule has 1 saturated carbocycles. The highest BCUT2D eigenvalue weighted by molar-refractivity contribution is 5.75. The number of carbonyl (C=O) groups excluding carboxylic acids is 1. The number of carbonyl (C=O) groups is 1. The third-order valence-corrected chi connectivity index (χ3v) is 4.37. The Morgan fingerprint density at radius 1 is 1.25 bits per heavy atom. The Morgan fingerprint density at radius 2 is 1.85 bits per heavy atom. The minimum atomic E-state index is -0.178. The van der Waals surface area contributed by atoms with Gasteiger partial charge in [0, 0.05) is 12.6 Å². The predicted molar refractivity (Wildman–Crippen MR) is 82.8 cm³/mol. The van der Waals surface area contributed by atoms with Gasteiger partial charge in [-0.05, 0) is 45.2 Å². The summed E-state index contributed by atoms with van der Waals surface area (Å²) in [4.78, 5) is 14.2. The van der Waals surface area contributed by atoms with Crippen molar-refractivity contribution in [1.29, 1.82) is 0 Å². The summed E-state index contributed by atoms with van der Waals surface area (Å²) in [6.45, 7) is 6.69. The van der Waals surface area contributed by atoms with E-state index >= 15 is 0 Å². The van der Waals surface area contributed by atoms with Gasteiger partial charge in [0.05, 0.1) is 7.11 Å². The van der Waals surface area contributed by atoms with Crippen LogP contribution in [0.4, 0.5) is 0 Å². The largest absolute Gasteiger partial charge is 0.468 e. The lowest BCUT2D eigenvalue weighted by Gasteiger charge is -2.30. The number of hydrogen-bond donors (Lipinski definition) is 1. The Bertz CT molecular complexity index is 276. The fraction of sp³-hybridized carbons (Fsp3) is 0.938. The lowest BCUT2D eigenvalue weighted by molar-refractivity contribution is -0.143. The normalized spacial score (nSPS) is 17.9. The first-order chi connectivity index (χ1) is 9.58. The molecule has 0 aromatic rings. The highest BCUT2D eigenvalue weighted by Crippen LogP contribution is 2.24. The van der Waals surface area contributed by atoms with Gasteiger partial charge in [0.25, 0.3) is 0 Å². The van der Waals surface area contributed by atoms with E-state index in [1.165, 1.54) is 39.2 Å². The van der Waals surface area contributed by atoms with Crippen LogP contribution in [0.5, 0.6) is 0 Å². The van der Waals surface area contributed by atoms with Crippen LogP contribution in [0, 0.1) is 5.92 Å².